The van der Waals surface area contributed by atoms with Crippen LogP contribution in [0.15, 0.2) is 0 Å². The van der Waals surface area contributed by atoms with Crippen molar-refractivity contribution in [1.29, 1.82) is 0 Å². The Bertz CT molecular complexity index is 11.6. The molecule has 0 spiro atoms. The normalized spacial score (nSPS) is 1.40. The van der Waals surface area contributed by atoms with Crippen LogP contribution < -0.4 is 0 Å². The van der Waals surface area contributed by atoms with E-state index in [9.17, 15) is 0 Å². The van der Waals surface area contributed by atoms with E-state index in [0.717, 1.165) is 0 Å². The molecule has 0 aromatic rings. The van der Waals surface area contributed by atoms with Crippen LogP contribution >= 0.6 is 0 Å². The van der Waals surface area contributed by atoms with Crippen molar-refractivity contribution in [3.05, 3.63) is 0 Å². The van der Waals surface area contributed by atoms with E-state index in [1.54, 1.807) is 0 Å². The van der Waals surface area contributed by atoms with Crippen molar-refractivity contribution in [1.82, 2.24) is 0 Å². The van der Waals surface area contributed by atoms with Crippen molar-refractivity contribution in [3.8, 4) is 0 Å². The molecule has 0 fully saturated rings. The zero-order valence-corrected chi connectivity index (χ0v) is 12.4. The molecule has 4 radical (unpaired) electrons. The monoisotopic (exact) mass is 390 g/mol. The van der Waals surface area contributed by atoms with E-state index in [-0.39, 0.29) is 48.3 Å². The zero-order valence-electron chi connectivity index (χ0n) is 2.55. The average molecular weight is 389 g/mol. The van der Waals surface area contributed by atoms with E-state index in [2.05, 4.69) is 0 Å². The Labute approximate surface area is 75.9 Å². The van der Waals surface area contributed by atoms with Crippen LogP contribution in [0.4, 0.5) is 0 Å². The van der Waals surface area contributed by atoms with Crippen LogP contribution in [0.1, 0.15) is 0 Å². The predicted molar refractivity (Wildman–Crippen MR) is 21.4 cm³/mol. The molecule has 5 heteroatoms. The van der Waals surface area contributed by atoms with Crippen molar-refractivity contribution in [2.75, 3.05) is 0 Å². The Morgan fingerprint density at radius 1 is 1.20 bits per heavy atom. The van der Waals surface area contributed by atoms with Gasteiger partial charge in [-0.15, -0.1) is 0 Å². The van der Waals surface area contributed by atoms with Gasteiger partial charge < -0.3 is 0 Å². The molecular weight excluding hydrogens is 387 g/mol. The van der Waals surface area contributed by atoms with Crippen LogP contribution in [0.25, 0.3) is 0 Å². The van der Waals surface area contributed by atoms with Gasteiger partial charge in [0.2, 0.25) is 0 Å². The third kappa shape index (κ3) is 23.3. The van der Waals surface area contributed by atoms with Gasteiger partial charge in [0.25, 0.3) is 0 Å². The molecule has 0 aliphatic rings. The van der Waals surface area contributed by atoms with Gasteiger partial charge in [-0.05, 0) is 0 Å². The van der Waals surface area contributed by atoms with E-state index in [4.69, 9.17) is 5.87 Å². The van der Waals surface area contributed by atoms with Gasteiger partial charge >= 0.3 is 77.2 Å². The number of rotatable bonds is 0. The number of hydrogen-bond acceptors (Lipinski definition) is 2. The molecule has 5 heavy (non-hydrogen) atoms. The quantitative estimate of drug-likeness (QED) is 0.453. The van der Waals surface area contributed by atoms with Gasteiger partial charge in [-0.3, -0.25) is 0 Å². The summed E-state index contributed by atoms with van der Waals surface area (Å²) in [5.41, 5.74) is 0. The molecule has 0 aromatic carbocycles. The summed E-state index contributed by atoms with van der Waals surface area (Å²) in [5.74, 6) is 0. The van der Waals surface area contributed by atoms with Crippen LogP contribution in [0.3, 0.4) is 0 Å². The summed E-state index contributed by atoms with van der Waals surface area (Å²) in [6.45, 7) is 0. The van der Waals surface area contributed by atoms with E-state index in [1.165, 1.54) is 0 Å². The van der Waals surface area contributed by atoms with Gasteiger partial charge in [-0.2, -0.15) is 0 Å². The summed E-state index contributed by atoms with van der Waals surface area (Å²) in [6.07, 6.45) is 0. The maximum absolute atomic E-state index is 8.38. The topological polar surface area (TPSA) is 34.1 Å². The first kappa shape index (κ1) is 15.7. The second-order valence-electron chi connectivity index (χ2n) is 0. The van der Waals surface area contributed by atoms with Crippen molar-refractivity contribution in [3.63, 3.8) is 0 Å². The Morgan fingerprint density at radius 2 is 1.20 bits per heavy atom. The van der Waals surface area contributed by atoms with Crippen molar-refractivity contribution in [2.45, 2.75) is 0 Å². The molecule has 0 bridgehead atoms. The Kier molecular flexibility index (Phi) is 114. The summed E-state index contributed by atoms with van der Waals surface area (Å²) < 4.78 is 16.7. The van der Waals surface area contributed by atoms with Gasteiger partial charge in [0.05, 0.1) is 0 Å². The molecule has 0 N–H and O–H groups in total. The molecule has 0 atom stereocenters. The molecule has 0 unspecified atom stereocenters. The Hall–Kier alpha value is 2.09. The second kappa shape index (κ2) is 36.2. The zero-order chi connectivity index (χ0) is 4.00. The molecular formula is H2InO2SbSn. The minimum atomic E-state index is 0. The SMILES string of the molecule is [O]=[In].[O]=[Sb].[SnH2]. The van der Waals surface area contributed by atoms with Gasteiger partial charge in [0, 0.05) is 0 Å². The van der Waals surface area contributed by atoms with Gasteiger partial charge in [0.1, 0.15) is 0 Å². The van der Waals surface area contributed by atoms with Gasteiger partial charge in [-0.25, -0.2) is 0 Å². The summed E-state index contributed by atoms with van der Waals surface area (Å²) in [4.78, 5) is 0. The molecule has 0 saturated heterocycles. The fourth-order valence-corrected chi connectivity index (χ4v) is 0. The maximum atomic E-state index is 8.38. The van der Waals surface area contributed by atoms with Crippen LogP contribution in [-0.2, 0) is 5.87 Å². The van der Waals surface area contributed by atoms with E-state index >= 15 is 0 Å². The molecule has 26 valence electrons. The third-order valence-electron chi connectivity index (χ3n) is 0. The molecule has 2 nitrogen and oxygen atoms in total. The van der Waals surface area contributed by atoms with Crippen molar-refractivity contribution < 1.29 is 5.87 Å². The molecule has 0 amide bonds. The Morgan fingerprint density at radius 3 is 1.20 bits per heavy atom. The molecule has 0 saturated carbocycles. The van der Waals surface area contributed by atoms with Crippen LogP contribution in [0, 0.1) is 0 Å². The first-order valence-corrected chi connectivity index (χ1v) is 2.81. The van der Waals surface area contributed by atoms with Crippen molar-refractivity contribution in [2.24, 2.45) is 0 Å². The molecule has 0 aliphatic heterocycles. The fourth-order valence-electron chi connectivity index (χ4n) is 0. The molecule has 0 aromatic heterocycles. The van der Waals surface area contributed by atoms with Crippen LogP contribution in [-0.4, -0.2) is 71.3 Å². The molecule has 0 heterocycles. The van der Waals surface area contributed by atoms with Gasteiger partial charge in [-0.1, -0.05) is 0 Å². The van der Waals surface area contributed by atoms with Gasteiger partial charge in [0.15, 0.2) is 0 Å². The van der Waals surface area contributed by atoms with Crippen LogP contribution in [0.5, 0.6) is 0 Å². The van der Waals surface area contributed by atoms with E-state index < -0.39 is 0 Å². The summed E-state index contributed by atoms with van der Waals surface area (Å²) >= 11 is 0.600. The summed E-state index contributed by atoms with van der Waals surface area (Å²) in [6, 6.07) is 0. The van der Waals surface area contributed by atoms with E-state index in [0.29, 0.717) is 23.0 Å². The molecule has 0 aliphatic carbocycles. The third-order valence-corrected chi connectivity index (χ3v) is 0. The van der Waals surface area contributed by atoms with Crippen molar-refractivity contribution >= 4 is 71.3 Å². The average Bonchev–Trinajstić information content (AvgIpc) is 1.50. The van der Waals surface area contributed by atoms with E-state index in [1.807, 2.05) is 0 Å². The second-order valence-corrected chi connectivity index (χ2v) is 0. The Balaban J connectivity index is -0.0000000133. The first-order chi connectivity index (χ1) is 2.00. The molecule has 0 rings (SSSR count). The van der Waals surface area contributed by atoms with Crippen LogP contribution in [0.2, 0.25) is 0 Å². The summed E-state index contributed by atoms with van der Waals surface area (Å²) in [5, 5.41) is 0. The fraction of sp³-hybridized carbons (Fsp3) is 0. The predicted octanol–water partition coefficient (Wildman–Crippen LogP) is -1.92. The standard InChI is InChI=1S/In.2O.Sb.Sn.2H. The number of hydrogen-bond donors (Lipinski definition) is 0. The minimum absolute atomic E-state index is 0. The summed E-state index contributed by atoms with van der Waals surface area (Å²) in [7, 11) is 0. The first-order valence-electron chi connectivity index (χ1n) is 0.418.